The maximum absolute atomic E-state index is 13.1. The van der Waals surface area contributed by atoms with Gasteiger partial charge < -0.3 is 0 Å². The molecule has 1 rings (SSSR count). The number of rotatable bonds is 6. The minimum Gasteiger partial charge on any atom is -0.297 e. The average Bonchev–Trinajstić information content (AvgIpc) is 2.35. The Labute approximate surface area is 119 Å². The van der Waals surface area contributed by atoms with Gasteiger partial charge in [0.2, 0.25) is 0 Å². The summed E-state index contributed by atoms with van der Waals surface area (Å²) < 4.78 is 13.1. The van der Waals surface area contributed by atoms with Crippen LogP contribution in [0.4, 0.5) is 4.39 Å². The number of ketones is 1. The quantitative estimate of drug-likeness (QED) is 0.794. The van der Waals surface area contributed by atoms with Crippen molar-refractivity contribution < 1.29 is 9.18 Å². The molecule has 106 valence electrons. The first-order valence-corrected chi connectivity index (χ1v) is 6.93. The van der Waals surface area contributed by atoms with Crippen LogP contribution >= 0.6 is 11.6 Å². The van der Waals surface area contributed by atoms with Crippen molar-refractivity contribution in [2.75, 3.05) is 13.1 Å². The molecule has 0 unspecified atom stereocenters. The molecular formula is C15H21ClFNO. The fourth-order valence-electron chi connectivity index (χ4n) is 2.24. The second-order valence-electron chi connectivity index (χ2n) is 5.08. The van der Waals surface area contributed by atoms with Crippen LogP contribution in [0.3, 0.4) is 0 Å². The number of benzene rings is 1. The summed E-state index contributed by atoms with van der Waals surface area (Å²) in [6.07, 6.45) is 0.267. The van der Waals surface area contributed by atoms with Crippen molar-refractivity contribution >= 4 is 17.4 Å². The summed E-state index contributed by atoms with van der Waals surface area (Å²) in [7, 11) is 0. The molecule has 0 saturated heterocycles. The average molecular weight is 286 g/mol. The van der Waals surface area contributed by atoms with E-state index < -0.39 is 11.4 Å². The monoisotopic (exact) mass is 285 g/mol. The Kier molecular flexibility index (Phi) is 5.50. The highest BCUT2D eigenvalue weighted by atomic mass is 35.5. The SMILES string of the molecule is CCN(CC)C(C)(C)C(=O)Cc1ccc(F)c(Cl)c1. The minimum atomic E-state index is -0.523. The second-order valence-corrected chi connectivity index (χ2v) is 5.49. The van der Waals surface area contributed by atoms with Crippen LogP contribution in [0.5, 0.6) is 0 Å². The van der Waals surface area contributed by atoms with E-state index in [1.54, 1.807) is 6.07 Å². The number of hydrogen-bond acceptors (Lipinski definition) is 2. The minimum absolute atomic E-state index is 0.0611. The lowest BCUT2D eigenvalue weighted by Crippen LogP contribution is -2.50. The van der Waals surface area contributed by atoms with E-state index in [0.29, 0.717) is 0 Å². The van der Waals surface area contributed by atoms with E-state index in [-0.39, 0.29) is 17.2 Å². The maximum Gasteiger partial charge on any atom is 0.156 e. The summed E-state index contributed by atoms with van der Waals surface area (Å²) in [5, 5.41) is 0.0611. The van der Waals surface area contributed by atoms with Crippen LogP contribution in [0.2, 0.25) is 5.02 Å². The first kappa shape index (κ1) is 16.1. The molecule has 0 saturated carbocycles. The highest BCUT2D eigenvalue weighted by Crippen LogP contribution is 2.21. The summed E-state index contributed by atoms with van der Waals surface area (Å²) in [4.78, 5) is 14.5. The molecule has 0 bridgehead atoms. The molecule has 2 nitrogen and oxygen atoms in total. The lowest BCUT2D eigenvalue weighted by molar-refractivity contribution is -0.128. The van der Waals surface area contributed by atoms with Crippen LogP contribution in [-0.4, -0.2) is 29.3 Å². The smallest absolute Gasteiger partial charge is 0.156 e. The van der Waals surface area contributed by atoms with Crippen LogP contribution in [0.25, 0.3) is 0 Å². The summed E-state index contributed by atoms with van der Waals surface area (Å²) in [6, 6.07) is 4.43. The largest absolute Gasteiger partial charge is 0.297 e. The molecular weight excluding hydrogens is 265 g/mol. The Bertz CT molecular complexity index is 455. The summed E-state index contributed by atoms with van der Waals surface area (Å²) >= 11 is 5.73. The van der Waals surface area contributed by atoms with Gasteiger partial charge in [-0.25, -0.2) is 4.39 Å². The molecule has 1 aromatic rings. The predicted octanol–water partition coefficient (Wildman–Crippen LogP) is 3.71. The van der Waals surface area contributed by atoms with Gasteiger partial charge >= 0.3 is 0 Å². The lowest BCUT2D eigenvalue weighted by atomic mass is 9.91. The number of halogens is 2. The van der Waals surface area contributed by atoms with Gasteiger partial charge in [-0.1, -0.05) is 31.5 Å². The van der Waals surface area contributed by atoms with Gasteiger partial charge in [0.1, 0.15) is 5.82 Å². The van der Waals surface area contributed by atoms with Gasteiger partial charge in [-0.3, -0.25) is 9.69 Å². The van der Waals surface area contributed by atoms with Gasteiger partial charge in [-0.05, 0) is 44.6 Å². The van der Waals surface area contributed by atoms with Gasteiger partial charge in [-0.2, -0.15) is 0 Å². The van der Waals surface area contributed by atoms with E-state index in [0.717, 1.165) is 18.7 Å². The lowest BCUT2D eigenvalue weighted by Gasteiger charge is -2.35. The van der Waals surface area contributed by atoms with E-state index in [2.05, 4.69) is 4.90 Å². The Balaban J connectivity index is 2.86. The molecule has 0 aliphatic rings. The zero-order valence-electron chi connectivity index (χ0n) is 12.0. The molecule has 4 heteroatoms. The number of likely N-dealkylation sites (N-methyl/N-ethyl adjacent to an activating group) is 1. The molecule has 0 aromatic heterocycles. The van der Waals surface area contributed by atoms with Gasteiger partial charge in [0.15, 0.2) is 5.78 Å². The van der Waals surface area contributed by atoms with Crippen LogP contribution in [0.15, 0.2) is 18.2 Å². The third-order valence-corrected chi connectivity index (χ3v) is 3.87. The summed E-state index contributed by atoms with van der Waals surface area (Å²) in [5.41, 5.74) is 0.223. The van der Waals surface area contributed by atoms with Crippen molar-refractivity contribution in [2.24, 2.45) is 0 Å². The Morgan fingerprint density at radius 3 is 2.37 bits per heavy atom. The van der Waals surface area contributed by atoms with Crippen molar-refractivity contribution in [1.29, 1.82) is 0 Å². The number of carbonyl (C=O) groups excluding carboxylic acids is 1. The predicted molar refractivity (Wildman–Crippen MR) is 77.1 cm³/mol. The normalized spacial score (nSPS) is 11.9. The zero-order valence-corrected chi connectivity index (χ0v) is 12.7. The molecule has 0 amide bonds. The van der Waals surface area contributed by atoms with E-state index >= 15 is 0 Å². The molecule has 0 radical (unpaired) electrons. The van der Waals surface area contributed by atoms with Gasteiger partial charge in [0.25, 0.3) is 0 Å². The fraction of sp³-hybridized carbons (Fsp3) is 0.533. The van der Waals surface area contributed by atoms with Crippen LogP contribution in [-0.2, 0) is 11.2 Å². The number of nitrogens with zero attached hydrogens (tertiary/aromatic N) is 1. The standard InChI is InChI=1S/C15H21ClFNO/c1-5-18(6-2)15(3,4)14(19)10-11-7-8-13(17)12(16)9-11/h7-9H,5-6,10H2,1-4H3. The van der Waals surface area contributed by atoms with Crippen LogP contribution in [0.1, 0.15) is 33.3 Å². The van der Waals surface area contributed by atoms with Gasteiger partial charge in [0.05, 0.1) is 10.6 Å². The van der Waals surface area contributed by atoms with Crippen molar-refractivity contribution in [2.45, 2.75) is 39.7 Å². The molecule has 0 aliphatic heterocycles. The van der Waals surface area contributed by atoms with Crippen LogP contribution < -0.4 is 0 Å². The van der Waals surface area contributed by atoms with Crippen LogP contribution in [0, 0.1) is 5.82 Å². The number of Topliss-reactive ketones (excluding diaryl/α,β-unsaturated/α-hetero) is 1. The van der Waals surface area contributed by atoms with Crippen molar-refractivity contribution in [3.63, 3.8) is 0 Å². The molecule has 0 atom stereocenters. The molecule has 1 aromatic carbocycles. The summed E-state index contributed by atoms with van der Waals surface area (Å²) in [6.45, 7) is 9.56. The first-order valence-electron chi connectivity index (χ1n) is 6.55. The highest BCUT2D eigenvalue weighted by molar-refractivity contribution is 6.30. The van der Waals surface area contributed by atoms with Crippen molar-refractivity contribution in [1.82, 2.24) is 4.90 Å². The third kappa shape index (κ3) is 3.77. The Morgan fingerprint density at radius 1 is 1.32 bits per heavy atom. The molecule has 0 spiro atoms. The molecule has 0 aliphatic carbocycles. The Hall–Kier alpha value is -0.930. The molecule has 0 heterocycles. The van der Waals surface area contributed by atoms with Crippen molar-refractivity contribution in [3.8, 4) is 0 Å². The van der Waals surface area contributed by atoms with Gasteiger partial charge in [0, 0.05) is 6.42 Å². The second kappa shape index (κ2) is 6.49. The number of hydrogen-bond donors (Lipinski definition) is 0. The molecule has 0 fully saturated rings. The molecule has 0 N–H and O–H groups in total. The Morgan fingerprint density at radius 2 is 1.89 bits per heavy atom. The highest BCUT2D eigenvalue weighted by Gasteiger charge is 2.32. The topological polar surface area (TPSA) is 20.3 Å². The fourth-order valence-corrected chi connectivity index (χ4v) is 2.44. The first-order chi connectivity index (χ1) is 8.82. The van der Waals surface area contributed by atoms with E-state index in [1.165, 1.54) is 12.1 Å². The third-order valence-electron chi connectivity index (χ3n) is 3.59. The zero-order chi connectivity index (χ0) is 14.6. The summed E-state index contributed by atoms with van der Waals surface area (Å²) in [5.74, 6) is -0.347. The number of carbonyl (C=O) groups is 1. The molecule has 19 heavy (non-hydrogen) atoms. The van der Waals surface area contributed by atoms with E-state index in [9.17, 15) is 9.18 Å². The maximum atomic E-state index is 13.1. The van der Waals surface area contributed by atoms with Gasteiger partial charge in [-0.15, -0.1) is 0 Å². The van der Waals surface area contributed by atoms with E-state index in [4.69, 9.17) is 11.6 Å². The van der Waals surface area contributed by atoms with Crippen molar-refractivity contribution in [3.05, 3.63) is 34.6 Å². The van der Waals surface area contributed by atoms with E-state index in [1.807, 2.05) is 27.7 Å².